The van der Waals surface area contributed by atoms with Gasteiger partial charge in [0.1, 0.15) is 5.75 Å². The Morgan fingerprint density at radius 3 is 2.68 bits per heavy atom. The number of halogens is 2. The van der Waals surface area contributed by atoms with Gasteiger partial charge in [-0.3, -0.25) is 0 Å². The fraction of sp³-hybridized carbons (Fsp3) is 0.200. The van der Waals surface area contributed by atoms with E-state index < -0.39 is 0 Å². The molecule has 4 heteroatoms. The van der Waals surface area contributed by atoms with Crippen LogP contribution in [0.15, 0.2) is 42.5 Å². The van der Waals surface area contributed by atoms with Crippen LogP contribution >= 0.6 is 23.2 Å². The number of rotatable bonds is 4. The van der Waals surface area contributed by atoms with E-state index in [0.717, 1.165) is 16.9 Å². The van der Waals surface area contributed by atoms with Crippen molar-refractivity contribution in [3.63, 3.8) is 0 Å². The van der Waals surface area contributed by atoms with Crippen molar-refractivity contribution in [1.82, 2.24) is 0 Å². The second-order valence-electron chi connectivity index (χ2n) is 4.32. The van der Waals surface area contributed by atoms with Crippen LogP contribution in [0.5, 0.6) is 5.75 Å². The average Bonchev–Trinajstić information content (AvgIpc) is 2.43. The quantitative estimate of drug-likeness (QED) is 0.915. The summed E-state index contributed by atoms with van der Waals surface area (Å²) in [4.78, 5) is 0. The van der Waals surface area contributed by atoms with E-state index in [2.05, 4.69) is 0 Å². The predicted octanol–water partition coefficient (Wildman–Crippen LogP) is 4.24. The molecule has 19 heavy (non-hydrogen) atoms. The highest BCUT2D eigenvalue weighted by Crippen LogP contribution is 2.26. The molecule has 0 saturated heterocycles. The summed E-state index contributed by atoms with van der Waals surface area (Å²) < 4.78 is 5.20. The summed E-state index contributed by atoms with van der Waals surface area (Å²) >= 11 is 12.1. The van der Waals surface area contributed by atoms with Crippen LogP contribution in [0.25, 0.3) is 0 Å². The molecule has 2 aromatic carbocycles. The Morgan fingerprint density at radius 2 is 1.95 bits per heavy atom. The number of benzene rings is 2. The van der Waals surface area contributed by atoms with E-state index in [1.807, 2.05) is 30.3 Å². The van der Waals surface area contributed by atoms with Gasteiger partial charge in [0.05, 0.1) is 7.11 Å². The van der Waals surface area contributed by atoms with Crippen LogP contribution in [-0.2, 0) is 6.42 Å². The van der Waals surface area contributed by atoms with Crippen molar-refractivity contribution in [1.29, 1.82) is 0 Å². The molecule has 0 fully saturated rings. The Balaban J connectivity index is 2.20. The van der Waals surface area contributed by atoms with Crippen molar-refractivity contribution in [2.24, 2.45) is 5.73 Å². The molecule has 0 amide bonds. The lowest BCUT2D eigenvalue weighted by Gasteiger charge is -2.14. The minimum absolute atomic E-state index is 0.147. The van der Waals surface area contributed by atoms with Crippen LogP contribution in [0.4, 0.5) is 0 Å². The Kier molecular flexibility index (Phi) is 4.70. The van der Waals surface area contributed by atoms with E-state index in [1.165, 1.54) is 0 Å². The first-order valence-electron chi connectivity index (χ1n) is 5.93. The number of nitrogens with two attached hydrogens (primary N) is 1. The molecule has 1 unspecified atom stereocenters. The van der Waals surface area contributed by atoms with E-state index in [1.54, 1.807) is 19.2 Å². The molecule has 2 nitrogen and oxygen atoms in total. The van der Waals surface area contributed by atoms with Gasteiger partial charge in [0, 0.05) is 16.1 Å². The molecule has 0 radical (unpaired) electrons. The number of methoxy groups -OCH3 is 1. The number of hydrogen-bond acceptors (Lipinski definition) is 2. The molecule has 2 aromatic rings. The summed E-state index contributed by atoms with van der Waals surface area (Å²) in [5.74, 6) is 0.796. The van der Waals surface area contributed by atoms with Gasteiger partial charge in [-0.05, 0) is 47.9 Å². The highest BCUT2D eigenvalue weighted by atomic mass is 35.5. The average molecular weight is 296 g/mol. The summed E-state index contributed by atoms with van der Waals surface area (Å²) in [6.45, 7) is 0. The zero-order valence-electron chi connectivity index (χ0n) is 10.6. The molecule has 0 aromatic heterocycles. The van der Waals surface area contributed by atoms with E-state index in [4.69, 9.17) is 33.7 Å². The molecule has 2 N–H and O–H groups in total. The third kappa shape index (κ3) is 3.63. The summed E-state index contributed by atoms with van der Waals surface area (Å²) in [7, 11) is 1.64. The third-order valence-electron chi connectivity index (χ3n) is 2.97. The first-order valence-corrected chi connectivity index (χ1v) is 6.69. The summed E-state index contributed by atoms with van der Waals surface area (Å²) in [6.07, 6.45) is 0.632. The SMILES string of the molecule is COc1cccc(C(N)Cc2cc(Cl)ccc2Cl)c1. The Hall–Kier alpha value is -1.22. The van der Waals surface area contributed by atoms with Gasteiger partial charge in [-0.2, -0.15) is 0 Å². The maximum atomic E-state index is 6.21. The number of ether oxygens (including phenoxy) is 1. The molecular formula is C15H15Cl2NO. The molecule has 1 atom stereocenters. The van der Waals surface area contributed by atoms with Gasteiger partial charge >= 0.3 is 0 Å². The molecule has 0 aliphatic heterocycles. The van der Waals surface area contributed by atoms with E-state index in [0.29, 0.717) is 16.5 Å². The fourth-order valence-corrected chi connectivity index (χ4v) is 2.32. The maximum Gasteiger partial charge on any atom is 0.119 e. The molecule has 0 spiro atoms. The molecule has 0 saturated carbocycles. The van der Waals surface area contributed by atoms with Crippen molar-refractivity contribution in [3.8, 4) is 5.75 Å². The van der Waals surface area contributed by atoms with Gasteiger partial charge in [-0.25, -0.2) is 0 Å². The van der Waals surface area contributed by atoms with Gasteiger partial charge in [0.2, 0.25) is 0 Å². The van der Waals surface area contributed by atoms with E-state index in [9.17, 15) is 0 Å². The van der Waals surface area contributed by atoms with E-state index >= 15 is 0 Å². The standard InChI is InChI=1S/C15H15Cl2NO/c1-19-13-4-2-3-10(8-13)15(18)9-11-7-12(16)5-6-14(11)17/h2-8,15H,9,18H2,1H3. The van der Waals surface area contributed by atoms with Gasteiger partial charge in [-0.15, -0.1) is 0 Å². The van der Waals surface area contributed by atoms with Crippen molar-refractivity contribution in [2.45, 2.75) is 12.5 Å². The lowest BCUT2D eigenvalue weighted by Crippen LogP contribution is -2.13. The van der Waals surface area contributed by atoms with Gasteiger partial charge in [-0.1, -0.05) is 35.3 Å². The molecule has 2 rings (SSSR count). The molecule has 0 bridgehead atoms. The second-order valence-corrected chi connectivity index (χ2v) is 5.17. The van der Waals surface area contributed by atoms with Crippen LogP contribution in [0, 0.1) is 0 Å². The maximum absolute atomic E-state index is 6.21. The van der Waals surface area contributed by atoms with Gasteiger partial charge in [0.15, 0.2) is 0 Å². The van der Waals surface area contributed by atoms with Crippen LogP contribution in [0.1, 0.15) is 17.2 Å². The third-order valence-corrected chi connectivity index (χ3v) is 3.57. The van der Waals surface area contributed by atoms with Crippen molar-refractivity contribution < 1.29 is 4.74 Å². The second kappa shape index (κ2) is 6.29. The van der Waals surface area contributed by atoms with Gasteiger partial charge < -0.3 is 10.5 Å². The minimum atomic E-state index is -0.147. The Labute approximate surface area is 123 Å². The predicted molar refractivity (Wildman–Crippen MR) is 80.1 cm³/mol. The Bertz CT molecular complexity index is 572. The number of hydrogen-bond donors (Lipinski definition) is 1. The Morgan fingerprint density at radius 1 is 1.16 bits per heavy atom. The van der Waals surface area contributed by atoms with Crippen LogP contribution in [0.2, 0.25) is 10.0 Å². The van der Waals surface area contributed by atoms with Crippen molar-refractivity contribution in [2.75, 3.05) is 7.11 Å². The van der Waals surface area contributed by atoms with Gasteiger partial charge in [0.25, 0.3) is 0 Å². The monoisotopic (exact) mass is 295 g/mol. The topological polar surface area (TPSA) is 35.2 Å². The summed E-state index contributed by atoms with van der Waals surface area (Å²) in [5, 5.41) is 1.35. The summed E-state index contributed by atoms with van der Waals surface area (Å²) in [6, 6.07) is 13.0. The van der Waals surface area contributed by atoms with Crippen LogP contribution < -0.4 is 10.5 Å². The lowest BCUT2D eigenvalue weighted by molar-refractivity contribution is 0.414. The van der Waals surface area contributed by atoms with Crippen LogP contribution in [-0.4, -0.2) is 7.11 Å². The fourth-order valence-electron chi connectivity index (χ4n) is 1.93. The highest BCUT2D eigenvalue weighted by Gasteiger charge is 2.11. The highest BCUT2D eigenvalue weighted by molar-refractivity contribution is 6.33. The largest absolute Gasteiger partial charge is 0.497 e. The first-order chi connectivity index (χ1) is 9.10. The molecular weight excluding hydrogens is 281 g/mol. The molecule has 0 aliphatic carbocycles. The smallest absolute Gasteiger partial charge is 0.119 e. The normalized spacial score (nSPS) is 12.2. The van der Waals surface area contributed by atoms with E-state index in [-0.39, 0.29) is 6.04 Å². The molecule has 0 aliphatic rings. The molecule has 100 valence electrons. The summed E-state index contributed by atoms with van der Waals surface area (Å²) in [5.41, 5.74) is 8.17. The first kappa shape index (κ1) is 14.2. The minimum Gasteiger partial charge on any atom is -0.497 e. The van der Waals surface area contributed by atoms with Crippen molar-refractivity contribution >= 4 is 23.2 Å². The van der Waals surface area contributed by atoms with Crippen LogP contribution in [0.3, 0.4) is 0 Å². The lowest BCUT2D eigenvalue weighted by atomic mass is 9.99. The van der Waals surface area contributed by atoms with Crippen molar-refractivity contribution in [3.05, 3.63) is 63.6 Å². The zero-order chi connectivity index (χ0) is 13.8. The molecule has 0 heterocycles. The zero-order valence-corrected chi connectivity index (χ0v) is 12.1.